The molecule has 1 fully saturated rings. The van der Waals surface area contributed by atoms with E-state index in [1.807, 2.05) is 0 Å². The van der Waals surface area contributed by atoms with Crippen molar-refractivity contribution in [1.29, 1.82) is 0 Å². The van der Waals surface area contributed by atoms with Gasteiger partial charge in [-0.15, -0.1) is 0 Å². The molecule has 5 nitrogen and oxygen atoms in total. The molecule has 1 unspecified atom stereocenters. The minimum Gasteiger partial charge on any atom is -0.507 e. The van der Waals surface area contributed by atoms with Gasteiger partial charge in [-0.1, -0.05) is 48.5 Å². The predicted molar refractivity (Wildman–Crippen MR) is 105 cm³/mol. The molecule has 1 amide bonds. The number of aromatic nitrogens is 1. The summed E-state index contributed by atoms with van der Waals surface area (Å²) in [6.07, 6.45) is 3.22. The molecule has 1 aromatic heterocycles. The van der Waals surface area contributed by atoms with Crippen molar-refractivity contribution in [3.63, 3.8) is 0 Å². The monoisotopic (exact) mass is 388 g/mol. The molecule has 2 aromatic carbocycles. The van der Waals surface area contributed by atoms with E-state index in [0.29, 0.717) is 11.1 Å². The highest BCUT2D eigenvalue weighted by Gasteiger charge is 2.46. The van der Waals surface area contributed by atoms with Crippen LogP contribution in [0.2, 0.25) is 0 Å². The van der Waals surface area contributed by atoms with Crippen LogP contribution in [0.15, 0.2) is 84.7 Å². The van der Waals surface area contributed by atoms with E-state index in [4.69, 9.17) is 0 Å². The van der Waals surface area contributed by atoms with Gasteiger partial charge in [0.2, 0.25) is 0 Å². The Hall–Kier alpha value is -3.80. The number of nitrogens with zero attached hydrogens (tertiary/aromatic N) is 2. The smallest absolute Gasteiger partial charge is 0.295 e. The van der Waals surface area contributed by atoms with E-state index in [0.717, 1.165) is 5.56 Å². The minimum absolute atomic E-state index is 0.0169. The average Bonchev–Trinajstić information content (AvgIpc) is 3.00. The number of rotatable bonds is 4. The first-order valence-electron chi connectivity index (χ1n) is 9.04. The largest absolute Gasteiger partial charge is 0.507 e. The van der Waals surface area contributed by atoms with Gasteiger partial charge in [0.15, 0.2) is 0 Å². The lowest BCUT2D eigenvalue weighted by molar-refractivity contribution is -0.140. The number of aliphatic hydroxyl groups excluding tert-OH is 1. The maximum Gasteiger partial charge on any atom is 0.295 e. The number of pyridine rings is 1. The second-order valence-electron chi connectivity index (χ2n) is 6.71. The van der Waals surface area contributed by atoms with Gasteiger partial charge in [0.25, 0.3) is 11.7 Å². The van der Waals surface area contributed by atoms with Crippen molar-refractivity contribution in [3.05, 3.63) is 107 Å². The van der Waals surface area contributed by atoms with Gasteiger partial charge in [0.1, 0.15) is 11.6 Å². The van der Waals surface area contributed by atoms with E-state index < -0.39 is 23.5 Å². The van der Waals surface area contributed by atoms with E-state index in [1.54, 1.807) is 54.9 Å². The molecule has 6 heteroatoms. The van der Waals surface area contributed by atoms with Crippen LogP contribution in [0.4, 0.5) is 4.39 Å². The zero-order chi connectivity index (χ0) is 20.4. The van der Waals surface area contributed by atoms with Crippen molar-refractivity contribution in [1.82, 2.24) is 9.88 Å². The number of carbonyl (C=O) groups excluding carboxylic acids is 2. The van der Waals surface area contributed by atoms with Gasteiger partial charge in [-0.3, -0.25) is 14.6 Å². The Morgan fingerprint density at radius 3 is 2.38 bits per heavy atom. The van der Waals surface area contributed by atoms with Crippen LogP contribution in [0.25, 0.3) is 5.76 Å². The number of hydrogen-bond acceptors (Lipinski definition) is 4. The summed E-state index contributed by atoms with van der Waals surface area (Å²) in [5.74, 6) is -2.18. The summed E-state index contributed by atoms with van der Waals surface area (Å²) >= 11 is 0. The Balaban J connectivity index is 1.86. The van der Waals surface area contributed by atoms with Gasteiger partial charge in [-0.25, -0.2) is 4.39 Å². The number of amides is 1. The number of likely N-dealkylation sites (tertiary alicyclic amines) is 1. The topological polar surface area (TPSA) is 70.5 Å². The number of Topliss-reactive ketones (excluding diaryl/α,β-unsaturated/α-hetero) is 1. The molecule has 29 heavy (non-hydrogen) atoms. The number of carbonyl (C=O) groups is 2. The summed E-state index contributed by atoms with van der Waals surface area (Å²) < 4.78 is 13.5. The van der Waals surface area contributed by atoms with Gasteiger partial charge in [-0.2, -0.15) is 0 Å². The Kier molecular flexibility index (Phi) is 4.91. The molecule has 0 spiro atoms. The SMILES string of the molecule is O=C1C(=O)N(Cc2cccnc2)C(c2ccc(F)cc2)/C1=C(/O)c1ccccc1. The van der Waals surface area contributed by atoms with E-state index in [2.05, 4.69) is 4.98 Å². The van der Waals surface area contributed by atoms with Crippen molar-refractivity contribution in [2.75, 3.05) is 0 Å². The third-order valence-electron chi connectivity index (χ3n) is 4.85. The number of aliphatic hydroxyl groups is 1. The molecule has 1 aliphatic rings. The first-order chi connectivity index (χ1) is 14.1. The lowest BCUT2D eigenvalue weighted by Crippen LogP contribution is -2.29. The maximum atomic E-state index is 13.5. The highest BCUT2D eigenvalue weighted by atomic mass is 19.1. The number of benzene rings is 2. The summed E-state index contributed by atoms with van der Waals surface area (Å²) in [5.41, 5.74) is 1.68. The Labute approximate surface area is 166 Å². The van der Waals surface area contributed by atoms with Crippen LogP contribution in [0.3, 0.4) is 0 Å². The summed E-state index contributed by atoms with van der Waals surface area (Å²) in [4.78, 5) is 31.1. The Bertz CT molecular complexity index is 1080. The Morgan fingerprint density at radius 2 is 1.72 bits per heavy atom. The van der Waals surface area contributed by atoms with Gasteiger partial charge in [0, 0.05) is 24.5 Å². The van der Waals surface area contributed by atoms with Gasteiger partial charge >= 0.3 is 0 Å². The minimum atomic E-state index is -0.837. The zero-order valence-corrected chi connectivity index (χ0v) is 15.3. The highest BCUT2D eigenvalue weighted by molar-refractivity contribution is 6.46. The molecule has 0 radical (unpaired) electrons. The number of halogens is 1. The Morgan fingerprint density at radius 1 is 1.00 bits per heavy atom. The van der Waals surface area contributed by atoms with Crippen molar-refractivity contribution in [3.8, 4) is 0 Å². The highest BCUT2D eigenvalue weighted by Crippen LogP contribution is 2.40. The van der Waals surface area contributed by atoms with Gasteiger partial charge < -0.3 is 10.0 Å². The molecule has 4 rings (SSSR count). The molecular weight excluding hydrogens is 371 g/mol. The molecule has 1 N–H and O–H groups in total. The fourth-order valence-corrected chi connectivity index (χ4v) is 3.47. The van der Waals surface area contributed by atoms with Crippen LogP contribution in [0.1, 0.15) is 22.7 Å². The van der Waals surface area contributed by atoms with Crippen LogP contribution in [0, 0.1) is 5.82 Å². The van der Waals surface area contributed by atoms with E-state index in [9.17, 15) is 19.1 Å². The molecule has 2 heterocycles. The van der Waals surface area contributed by atoms with Crippen molar-refractivity contribution < 1.29 is 19.1 Å². The van der Waals surface area contributed by atoms with Crippen LogP contribution in [0.5, 0.6) is 0 Å². The van der Waals surface area contributed by atoms with Crippen LogP contribution >= 0.6 is 0 Å². The summed E-state index contributed by atoms with van der Waals surface area (Å²) in [5, 5.41) is 10.9. The van der Waals surface area contributed by atoms with Gasteiger partial charge in [0.05, 0.1) is 11.6 Å². The normalized spacial score (nSPS) is 18.2. The molecular formula is C23H17FN2O3. The molecule has 1 atom stereocenters. The number of ketones is 1. The molecule has 1 aliphatic heterocycles. The molecule has 0 aliphatic carbocycles. The molecule has 1 saturated heterocycles. The standard InChI is InChI=1S/C23H17FN2O3/c24-18-10-8-16(9-11-18)20-19(21(27)17-6-2-1-3-7-17)22(28)23(29)26(20)14-15-5-4-12-25-13-15/h1-13,20,27H,14H2/b21-19-. The maximum absolute atomic E-state index is 13.5. The third kappa shape index (κ3) is 3.52. The van der Waals surface area contributed by atoms with E-state index in [-0.39, 0.29) is 17.9 Å². The molecule has 144 valence electrons. The molecule has 3 aromatic rings. The summed E-state index contributed by atoms with van der Waals surface area (Å²) in [7, 11) is 0. The van der Waals surface area contributed by atoms with E-state index >= 15 is 0 Å². The zero-order valence-electron chi connectivity index (χ0n) is 15.3. The quantitative estimate of drug-likeness (QED) is 0.419. The predicted octanol–water partition coefficient (Wildman–Crippen LogP) is 3.84. The van der Waals surface area contributed by atoms with Crippen LogP contribution < -0.4 is 0 Å². The van der Waals surface area contributed by atoms with Crippen molar-refractivity contribution in [2.24, 2.45) is 0 Å². The van der Waals surface area contributed by atoms with Crippen LogP contribution in [-0.2, 0) is 16.1 Å². The second kappa shape index (κ2) is 7.67. The first-order valence-corrected chi connectivity index (χ1v) is 9.04. The third-order valence-corrected chi connectivity index (χ3v) is 4.85. The van der Waals surface area contributed by atoms with Crippen molar-refractivity contribution in [2.45, 2.75) is 12.6 Å². The summed E-state index contributed by atoms with van der Waals surface area (Å²) in [6, 6.07) is 16.8. The average molecular weight is 388 g/mol. The van der Waals surface area contributed by atoms with Crippen molar-refractivity contribution >= 4 is 17.4 Å². The van der Waals surface area contributed by atoms with E-state index in [1.165, 1.54) is 29.2 Å². The second-order valence-corrected chi connectivity index (χ2v) is 6.71. The fourth-order valence-electron chi connectivity index (χ4n) is 3.47. The summed E-state index contributed by atoms with van der Waals surface area (Å²) in [6.45, 7) is 0.131. The number of hydrogen-bond donors (Lipinski definition) is 1. The van der Waals surface area contributed by atoms with Crippen LogP contribution in [-0.4, -0.2) is 26.7 Å². The first kappa shape index (κ1) is 18.6. The molecule has 0 bridgehead atoms. The fraction of sp³-hybridized carbons (Fsp3) is 0.0870. The lowest BCUT2D eigenvalue weighted by Gasteiger charge is -2.25. The molecule has 0 saturated carbocycles. The van der Waals surface area contributed by atoms with Gasteiger partial charge in [-0.05, 0) is 29.3 Å². The lowest BCUT2D eigenvalue weighted by atomic mass is 9.95.